The molecule has 0 saturated carbocycles. The molecular weight excluding hydrogens is 617 g/mol. The van der Waals surface area contributed by atoms with Crippen LogP contribution in [0.15, 0.2) is 48.6 Å². The van der Waals surface area contributed by atoms with Gasteiger partial charge < -0.3 is 14.6 Å². The van der Waals surface area contributed by atoms with Gasteiger partial charge in [0.15, 0.2) is 0 Å². The Labute approximate surface area is 312 Å². The molecule has 0 aliphatic carbocycles. The lowest BCUT2D eigenvalue weighted by Gasteiger charge is -2.15. The van der Waals surface area contributed by atoms with Crippen molar-refractivity contribution in [3.8, 4) is 0 Å². The summed E-state index contributed by atoms with van der Waals surface area (Å²) < 4.78 is 11.1. The lowest BCUT2D eigenvalue weighted by molar-refractivity contribution is -0.154. The van der Waals surface area contributed by atoms with Gasteiger partial charge in [-0.3, -0.25) is 4.79 Å². The van der Waals surface area contributed by atoms with Gasteiger partial charge in [-0.05, 0) is 38.5 Å². The smallest absolute Gasteiger partial charge is 0.306 e. The van der Waals surface area contributed by atoms with Gasteiger partial charge in [-0.25, -0.2) is 0 Å². The average molecular weight is 701 g/mol. The number of hydrogen-bond donors (Lipinski definition) is 1. The van der Waals surface area contributed by atoms with E-state index in [0.29, 0.717) is 19.4 Å². The van der Waals surface area contributed by atoms with Crippen LogP contribution in [0.2, 0.25) is 0 Å². The molecule has 4 nitrogen and oxygen atoms in total. The van der Waals surface area contributed by atoms with Crippen LogP contribution < -0.4 is 0 Å². The molecule has 0 aliphatic rings. The summed E-state index contributed by atoms with van der Waals surface area (Å²) in [7, 11) is 0. The topological polar surface area (TPSA) is 55.8 Å². The summed E-state index contributed by atoms with van der Waals surface area (Å²) in [6.45, 7) is 5.17. The van der Waals surface area contributed by atoms with Crippen molar-refractivity contribution in [3.63, 3.8) is 0 Å². The number of carbonyl (C=O) groups is 1. The molecule has 0 aromatic heterocycles. The monoisotopic (exact) mass is 701 g/mol. The Morgan fingerprint density at radius 3 is 1.24 bits per heavy atom. The second-order valence-electron chi connectivity index (χ2n) is 14.4. The maximum Gasteiger partial charge on any atom is 0.306 e. The molecule has 0 heterocycles. The van der Waals surface area contributed by atoms with Crippen LogP contribution in [0.5, 0.6) is 0 Å². The first-order valence-electron chi connectivity index (χ1n) is 21.7. The van der Waals surface area contributed by atoms with Gasteiger partial charge in [0.25, 0.3) is 0 Å². The lowest BCUT2D eigenvalue weighted by atomic mass is 10.0. The molecular formula is C46H84O4. The molecule has 0 aromatic rings. The molecule has 0 saturated heterocycles. The van der Waals surface area contributed by atoms with Crippen LogP contribution in [-0.4, -0.2) is 37.0 Å². The zero-order chi connectivity index (χ0) is 36.3. The Hall–Kier alpha value is -1.65. The van der Waals surface area contributed by atoms with Crippen molar-refractivity contribution in [2.45, 2.75) is 219 Å². The fourth-order valence-electron chi connectivity index (χ4n) is 6.23. The molecule has 292 valence electrons. The third kappa shape index (κ3) is 40.8. The van der Waals surface area contributed by atoms with Crippen molar-refractivity contribution < 1.29 is 19.4 Å². The van der Waals surface area contributed by atoms with Gasteiger partial charge in [0.05, 0.1) is 13.2 Å². The second kappa shape index (κ2) is 43.5. The number of rotatable bonds is 40. The molecule has 0 amide bonds. The predicted octanol–water partition coefficient (Wildman–Crippen LogP) is 14.3. The molecule has 1 N–H and O–H groups in total. The molecule has 0 aliphatic heterocycles. The Morgan fingerprint density at radius 1 is 0.500 bits per heavy atom. The maximum absolute atomic E-state index is 12.1. The fraction of sp³-hybridized carbons (Fsp3) is 0.804. The number of aliphatic hydroxyl groups is 1. The lowest BCUT2D eigenvalue weighted by Crippen LogP contribution is -2.27. The van der Waals surface area contributed by atoms with Gasteiger partial charge in [-0.1, -0.05) is 217 Å². The van der Waals surface area contributed by atoms with Gasteiger partial charge in [0.2, 0.25) is 0 Å². The highest BCUT2D eigenvalue weighted by Gasteiger charge is 2.13. The summed E-state index contributed by atoms with van der Waals surface area (Å²) in [6, 6.07) is 0. The normalized spacial score (nSPS) is 12.8. The number of hydrogen-bond acceptors (Lipinski definition) is 4. The number of aliphatic hydroxyl groups excluding tert-OH is 1. The Balaban J connectivity index is 3.40. The minimum atomic E-state index is -0.570. The van der Waals surface area contributed by atoms with Crippen LogP contribution in [0.25, 0.3) is 0 Å². The molecule has 0 spiro atoms. The maximum atomic E-state index is 12.1. The van der Waals surface area contributed by atoms with Crippen LogP contribution in [-0.2, 0) is 14.3 Å². The zero-order valence-electron chi connectivity index (χ0n) is 33.4. The molecule has 1 unspecified atom stereocenters. The molecule has 0 bridgehead atoms. The summed E-state index contributed by atoms with van der Waals surface area (Å²) in [5.41, 5.74) is 0. The highest BCUT2D eigenvalue weighted by molar-refractivity contribution is 5.69. The summed E-state index contributed by atoms with van der Waals surface area (Å²) in [6.07, 6.45) is 56.3. The highest BCUT2D eigenvalue weighted by atomic mass is 16.6. The molecule has 0 aromatic carbocycles. The van der Waals surface area contributed by atoms with E-state index in [4.69, 9.17) is 9.47 Å². The SMILES string of the molecule is CC/C=C\C/C=C\C/C=C\C/C=C\CCC(=O)OC(CO)COCCCCCCCCCCCCCCCCCCCCCCCCCCC. The largest absolute Gasteiger partial charge is 0.457 e. The Kier molecular flexibility index (Phi) is 42.1. The number of unbranched alkanes of at least 4 members (excludes halogenated alkanes) is 24. The fourth-order valence-corrected chi connectivity index (χ4v) is 6.23. The van der Waals surface area contributed by atoms with Crippen LogP contribution in [0.3, 0.4) is 0 Å². The van der Waals surface area contributed by atoms with Gasteiger partial charge >= 0.3 is 5.97 Å². The van der Waals surface area contributed by atoms with Crippen LogP contribution >= 0.6 is 0 Å². The van der Waals surface area contributed by atoms with Crippen LogP contribution in [0, 0.1) is 0 Å². The Bertz CT molecular complexity index is 783. The number of allylic oxidation sites excluding steroid dienone is 8. The van der Waals surface area contributed by atoms with Crippen molar-refractivity contribution in [3.05, 3.63) is 48.6 Å². The van der Waals surface area contributed by atoms with Gasteiger partial charge in [0.1, 0.15) is 6.10 Å². The standard InChI is InChI=1S/C46H84O4/c1-3-5-7-9-11-13-15-17-18-19-20-21-22-23-24-25-26-27-28-30-32-34-36-38-40-42-49-44-45(43-47)50-46(48)41-39-37-35-33-31-29-16-14-12-10-8-6-4-2/h6,8,12,14,29,31,35,37,45,47H,3-5,7,9-11,13,15-28,30,32-34,36,38-44H2,1-2H3/b8-6-,14-12-,31-29-,37-35-. The quantitative estimate of drug-likeness (QED) is 0.0393. The second-order valence-corrected chi connectivity index (χ2v) is 14.4. The van der Waals surface area contributed by atoms with Gasteiger partial charge in [-0.15, -0.1) is 0 Å². The highest BCUT2D eigenvalue weighted by Crippen LogP contribution is 2.16. The first-order chi connectivity index (χ1) is 24.7. The number of esters is 1. The van der Waals surface area contributed by atoms with E-state index < -0.39 is 6.10 Å². The van der Waals surface area contributed by atoms with Crippen LogP contribution in [0.4, 0.5) is 0 Å². The number of ether oxygens (including phenoxy) is 2. The van der Waals surface area contributed by atoms with Crippen molar-refractivity contribution >= 4 is 5.97 Å². The predicted molar refractivity (Wildman–Crippen MR) is 219 cm³/mol. The zero-order valence-corrected chi connectivity index (χ0v) is 33.4. The first kappa shape index (κ1) is 48.3. The van der Waals surface area contributed by atoms with Crippen molar-refractivity contribution in [1.29, 1.82) is 0 Å². The molecule has 4 heteroatoms. The minimum absolute atomic E-state index is 0.199. The van der Waals surface area contributed by atoms with Crippen molar-refractivity contribution in [2.24, 2.45) is 0 Å². The third-order valence-corrected chi connectivity index (χ3v) is 9.43. The minimum Gasteiger partial charge on any atom is -0.457 e. The van der Waals surface area contributed by atoms with E-state index in [9.17, 15) is 9.90 Å². The number of carbonyl (C=O) groups excluding carboxylic acids is 1. The van der Waals surface area contributed by atoms with Gasteiger partial charge in [-0.2, -0.15) is 0 Å². The summed E-state index contributed by atoms with van der Waals surface area (Å²) in [4.78, 5) is 12.1. The molecule has 0 fully saturated rings. The van der Waals surface area contributed by atoms with Gasteiger partial charge in [0, 0.05) is 13.0 Å². The van der Waals surface area contributed by atoms with Crippen molar-refractivity contribution in [1.82, 2.24) is 0 Å². The van der Waals surface area contributed by atoms with E-state index in [2.05, 4.69) is 56.4 Å². The Morgan fingerprint density at radius 2 is 0.860 bits per heavy atom. The summed E-state index contributed by atoms with van der Waals surface area (Å²) in [5, 5.41) is 9.57. The van der Waals surface area contributed by atoms with E-state index in [1.165, 1.54) is 154 Å². The van der Waals surface area contributed by atoms with E-state index in [0.717, 1.165) is 32.1 Å². The van der Waals surface area contributed by atoms with E-state index in [1.807, 2.05) is 6.08 Å². The first-order valence-corrected chi connectivity index (χ1v) is 21.7. The summed E-state index contributed by atoms with van der Waals surface area (Å²) >= 11 is 0. The molecule has 0 radical (unpaired) electrons. The molecule has 0 rings (SSSR count). The molecule has 50 heavy (non-hydrogen) atoms. The van der Waals surface area contributed by atoms with E-state index in [1.54, 1.807) is 0 Å². The van der Waals surface area contributed by atoms with E-state index in [-0.39, 0.29) is 19.2 Å². The van der Waals surface area contributed by atoms with Crippen molar-refractivity contribution in [2.75, 3.05) is 19.8 Å². The third-order valence-electron chi connectivity index (χ3n) is 9.43. The summed E-state index contributed by atoms with van der Waals surface area (Å²) in [5.74, 6) is -0.278. The van der Waals surface area contributed by atoms with E-state index >= 15 is 0 Å². The molecule has 1 atom stereocenters. The average Bonchev–Trinajstić information content (AvgIpc) is 3.12. The van der Waals surface area contributed by atoms with Crippen LogP contribution in [0.1, 0.15) is 213 Å².